The maximum Gasteiger partial charge on any atom is 0.00401 e. The van der Waals surface area contributed by atoms with E-state index in [0.717, 1.165) is 83.7 Å². The smallest absolute Gasteiger partial charge is 0.00401 e. The molecule has 0 spiro atoms. The van der Waals surface area contributed by atoms with Crippen molar-refractivity contribution in [1.82, 2.24) is 0 Å². The van der Waals surface area contributed by atoms with Gasteiger partial charge in [0.15, 0.2) is 0 Å². The van der Waals surface area contributed by atoms with Crippen molar-refractivity contribution in [2.75, 3.05) is 0 Å². The van der Waals surface area contributed by atoms with E-state index in [9.17, 15) is 0 Å². The van der Waals surface area contributed by atoms with Crippen LogP contribution < -0.4 is 0 Å². The van der Waals surface area contributed by atoms with Gasteiger partial charge >= 0.3 is 0 Å². The van der Waals surface area contributed by atoms with Crippen molar-refractivity contribution in [3.05, 3.63) is 326 Å². The van der Waals surface area contributed by atoms with Crippen LogP contribution in [0.5, 0.6) is 0 Å². The lowest BCUT2D eigenvalue weighted by molar-refractivity contribution is 0.396. The first-order valence-electron chi connectivity index (χ1n) is 43.2. The van der Waals surface area contributed by atoms with Crippen molar-refractivity contribution < 1.29 is 23.5 Å². The third-order valence-corrected chi connectivity index (χ3v) is 26.9. The minimum Gasteiger partial charge on any atom is -0.269 e. The second-order valence-electron chi connectivity index (χ2n) is 33.2. The largest absolute Gasteiger partial charge is 0.269 e. The minimum absolute atomic E-state index is 0. The molecule has 10 heteroatoms. The number of halogens is 5. The second-order valence-corrected chi connectivity index (χ2v) is 35.7. The molecule has 0 aromatic heterocycles. The number of hydrogen-bond acceptors (Lipinski definition) is 5. The van der Waals surface area contributed by atoms with Crippen molar-refractivity contribution >= 4 is 63.1 Å². The molecule has 5 fully saturated rings. The monoisotopic (exact) mass is 1650 g/mol. The van der Waals surface area contributed by atoms with Crippen LogP contribution in [0, 0.1) is 0 Å². The molecule has 0 bridgehead atoms. The van der Waals surface area contributed by atoms with E-state index in [2.05, 4.69) is 340 Å². The summed E-state index contributed by atoms with van der Waals surface area (Å²) in [7, 11) is 0. The van der Waals surface area contributed by atoms with Crippen molar-refractivity contribution in [2.45, 2.75) is 311 Å². The Morgan fingerprint density at radius 2 is 0.243 bits per heavy atom. The van der Waals surface area contributed by atoms with Crippen LogP contribution in [-0.2, 0) is 32.1 Å². The Balaban J connectivity index is 0.000000221. The van der Waals surface area contributed by atoms with Crippen LogP contribution in [0.4, 0.5) is 23.5 Å². The molecule has 0 radical (unpaired) electrons. The highest BCUT2D eigenvalue weighted by molar-refractivity contribution is 7.81. The third kappa shape index (κ3) is 30.4. The summed E-state index contributed by atoms with van der Waals surface area (Å²) in [5.41, 5.74) is 22.6. The summed E-state index contributed by atoms with van der Waals surface area (Å²) >= 11 is 21.9. The molecule has 0 heterocycles. The molecular weight excluding hydrogens is 1520 g/mol. The van der Waals surface area contributed by atoms with E-state index < -0.39 is 0 Å². The first kappa shape index (κ1) is 97.4. The van der Waals surface area contributed by atoms with Gasteiger partial charge in [-0.1, -0.05) is 249 Å². The van der Waals surface area contributed by atoms with Gasteiger partial charge in [0.1, 0.15) is 0 Å². The molecule has 620 valence electrons. The normalized spacial score (nSPS) is 20.8. The van der Waals surface area contributed by atoms with Gasteiger partial charge in [-0.3, -0.25) is 23.5 Å². The van der Waals surface area contributed by atoms with E-state index >= 15 is 0 Å². The van der Waals surface area contributed by atoms with Gasteiger partial charge in [-0.05, 0) is 364 Å². The van der Waals surface area contributed by atoms with Crippen LogP contribution in [0.1, 0.15) is 338 Å². The van der Waals surface area contributed by atoms with Gasteiger partial charge in [0.2, 0.25) is 0 Å². The molecule has 0 atom stereocenters. The van der Waals surface area contributed by atoms with Gasteiger partial charge in [-0.2, -0.15) is 0 Å². The summed E-state index contributed by atoms with van der Waals surface area (Å²) < 4.78 is 0. The molecule has 0 nitrogen and oxygen atoms in total. The van der Waals surface area contributed by atoms with Crippen molar-refractivity contribution in [3.8, 4) is 0 Å². The Kier molecular flexibility index (Phi) is 43.9. The lowest BCUT2D eigenvalue weighted by Crippen LogP contribution is -2.12. The van der Waals surface area contributed by atoms with Gasteiger partial charge in [0.05, 0.1) is 0 Å². The summed E-state index contributed by atoms with van der Waals surface area (Å²) in [5.74, 6) is 7.50. The van der Waals surface area contributed by atoms with Crippen molar-refractivity contribution in [1.29, 1.82) is 0 Å². The molecule has 5 saturated carbocycles. The van der Waals surface area contributed by atoms with E-state index in [1.165, 1.54) is 248 Å². The minimum atomic E-state index is 0. The summed E-state index contributed by atoms with van der Waals surface area (Å²) in [6, 6.07) is 90.8. The lowest BCUT2D eigenvalue weighted by Gasteiger charge is -2.29. The maximum absolute atomic E-state index is 4.38. The van der Waals surface area contributed by atoms with E-state index in [-0.39, 0.29) is 23.5 Å². The Hall–Kier alpha value is -6.40. The van der Waals surface area contributed by atoms with Gasteiger partial charge in [-0.15, -0.1) is 63.1 Å². The highest BCUT2D eigenvalue weighted by Crippen LogP contribution is 2.46. The summed E-state index contributed by atoms with van der Waals surface area (Å²) in [4.78, 5) is 5.30. The molecule has 5 aliphatic carbocycles. The Labute approximate surface area is 718 Å². The molecule has 0 amide bonds. The average molecular weight is 1650 g/mol. The fourth-order valence-electron chi connectivity index (χ4n) is 18.8. The maximum atomic E-state index is 4.38. The number of benzene rings is 10. The van der Waals surface area contributed by atoms with Gasteiger partial charge < -0.3 is 0 Å². The fraction of sp³-hybridized carbons (Fsp3) is 0.429. The van der Waals surface area contributed by atoms with Gasteiger partial charge in [-0.25, -0.2) is 0 Å². The second kappa shape index (κ2) is 51.8. The van der Waals surface area contributed by atoms with E-state index in [0.29, 0.717) is 0 Å². The van der Waals surface area contributed by atoms with E-state index in [4.69, 9.17) is 0 Å². The highest BCUT2D eigenvalue weighted by Gasteiger charge is 2.29. The topological polar surface area (TPSA) is 0 Å². The molecule has 10 aromatic rings. The zero-order chi connectivity index (χ0) is 76.8. The van der Waals surface area contributed by atoms with Gasteiger partial charge in [0, 0.05) is 24.5 Å². The first-order chi connectivity index (χ1) is 53.8. The summed E-state index contributed by atoms with van der Waals surface area (Å²) in [5, 5.41) is 0. The molecule has 0 saturated heterocycles. The molecule has 115 heavy (non-hydrogen) atoms. The Morgan fingerprint density at radius 3 is 0.330 bits per heavy atom. The first-order valence-corrected chi connectivity index (χ1v) is 45.4. The van der Waals surface area contributed by atoms with Crippen LogP contribution in [-0.4, -0.2) is 0 Å². The van der Waals surface area contributed by atoms with Crippen molar-refractivity contribution in [3.63, 3.8) is 0 Å². The predicted molar refractivity (Wildman–Crippen MR) is 503 cm³/mol. The highest BCUT2D eigenvalue weighted by atomic mass is 32.1. The van der Waals surface area contributed by atoms with Crippen LogP contribution in [0.25, 0.3) is 0 Å². The number of aryl methyl sites for hydroxylation is 5. The molecule has 15 rings (SSSR count). The quantitative estimate of drug-likeness (QED) is 0.0365. The molecule has 5 aliphatic rings. The lowest BCUT2D eigenvalue weighted by atomic mass is 9.76. The zero-order valence-corrected chi connectivity index (χ0v) is 73.8. The van der Waals surface area contributed by atoms with Crippen LogP contribution in [0.3, 0.4) is 0 Å². The predicted octanol–water partition coefficient (Wildman–Crippen LogP) is 32.6. The molecule has 10 aromatic carbocycles. The van der Waals surface area contributed by atoms with Crippen molar-refractivity contribution in [2.24, 2.45) is 0 Å². The number of hydrogen-bond donors (Lipinski definition) is 5. The third-order valence-electron chi connectivity index (χ3n) is 25.4. The van der Waals surface area contributed by atoms with Crippen LogP contribution in [0.15, 0.2) is 267 Å². The molecule has 0 aliphatic heterocycles. The standard InChI is InChI=1S/5C21H26S.5FH/c5*1-2-3-16-4-6-17(7-5-16)18-8-10-19(11-9-18)20-12-14-21(22)15-13-20;;;;;/h5*4-7,12-15,18-19,22H,2-3,8-11H2,1H3;5*1H. The Morgan fingerprint density at radius 1 is 0.157 bits per heavy atom. The fourth-order valence-corrected chi connectivity index (χ4v) is 19.5. The van der Waals surface area contributed by atoms with Gasteiger partial charge in [0.25, 0.3) is 0 Å². The zero-order valence-electron chi connectivity index (χ0n) is 69.4. The number of rotatable bonds is 20. The van der Waals surface area contributed by atoms with E-state index in [1.807, 2.05) is 0 Å². The molecule has 0 N–H and O–H groups in total. The number of thiol groups is 5. The summed E-state index contributed by atoms with van der Waals surface area (Å²) in [6.07, 6.45) is 38.5. The molecular formula is C105H135F5S5. The Bertz CT molecular complexity index is 3550. The summed E-state index contributed by atoms with van der Waals surface area (Å²) in [6.45, 7) is 11.2. The van der Waals surface area contributed by atoms with E-state index in [1.54, 1.807) is 27.8 Å². The van der Waals surface area contributed by atoms with Crippen LogP contribution >= 0.6 is 63.1 Å². The average Bonchev–Trinajstić information content (AvgIpc) is 0.854. The molecule has 0 unspecified atom stereocenters. The SMILES string of the molecule is CCCc1ccc(C2CCC(c3ccc(S)cc3)CC2)cc1.CCCc1ccc(C2CCC(c3ccc(S)cc3)CC2)cc1.CCCc1ccc(C2CCC(c3ccc(S)cc3)CC2)cc1.CCCc1ccc(C2CCC(c3ccc(S)cc3)CC2)cc1.CCCc1ccc(C2CCC(c3ccc(S)cc3)CC2)cc1.F.F.F.F.F. The van der Waals surface area contributed by atoms with Crippen LogP contribution in [0.2, 0.25) is 0 Å².